The first kappa shape index (κ1) is 17.3. The van der Waals surface area contributed by atoms with Crippen LogP contribution >= 0.6 is 0 Å². The number of hydrogen-bond acceptors (Lipinski definition) is 1. The predicted molar refractivity (Wildman–Crippen MR) is 108 cm³/mol. The summed E-state index contributed by atoms with van der Waals surface area (Å²) >= 11 is 0. The Hall–Kier alpha value is -3.07. The standard InChI is InChI=1S/C24H25N3/c1-16-12-17(2)24(27-15-25-11-10-18(27)3)20(5)23(16)26-14-22-9-7-6-8-21(22)13-19(26)4/h6-15H,1-5H3/q+2. The van der Waals surface area contributed by atoms with Gasteiger partial charge in [0.15, 0.2) is 11.9 Å². The van der Waals surface area contributed by atoms with Crippen LogP contribution in [0.2, 0.25) is 0 Å². The summed E-state index contributed by atoms with van der Waals surface area (Å²) in [5.41, 5.74) is 8.65. The van der Waals surface area contributed by atoms with Crippen molar-refractivity contribution in [1.82, 2.24) is 4.98 Å². The van der Waals surface area contributed by atoms with Gasteiger partial charge < -0.3 is 0 Å². The predicted octanol–water partition coefficient (Wildman–Crippen LogP) is 4.33. The maximum atomic E-state index is 4.34. The van der Waals surface area contributed by atoms with Crippen LogP contribution in [-0.2, 0) is 0 Å². The van der Waals surface area contributed by atoms with E-state index in [1.165, 1.54) is 50.2 Å². The van der Waals surface area contributed by atoms with Gasteiger partial charge in [0.05, 0.1) is 5.56 Å². The average Bonchev–Trinajstić information content (AvgIpc) is 2.63. The second-order valence-electron chi connectivity index (χ2n) is 7.34. The molecule has 2 aromatic heterocycles. The van der Waals surface area contributed by atoms with Crippen molar-refractivity contribution in [1.29, 1.82) is 0 Å². The third-order valence-electron chi connectivity index (χ3n) is 5.34. The molecule has 0 radical (unpaired) electrons. The Bertz CT molecular complexity index is 1180. The fourth-order valence-electron chi connectivity index (χ4n) is 4.10. The molecule has 134 valence electrons. The minimum absolute atomic E-state index is 1.17. The van der Waals surface area contributed by atoms with E-state index in [1.54, 1.807) is 0 Å². The number of hydrogen-bond donors (Lipinski definition) is 0. The summed E-state index contributed by atoms with van der Waals surface area (Å²) in [5.74, 6) is 0. The Morgan fingerprint density at radius 3 is 2.07 bits per heavy atom. The summed E-state index contributed by atoms with van der Waals surface area (Å²) in [5, 5.41) is 2.51. The molecule has 3 nitrogen and oxygen atoms in total. The van der Waals surface area contributed by atoms with Crippen LogP contribution in [0, 0.1) is 34.6 Å². The molecule has 4 aromatic rings. The number of benzene rings is 2. The van der Waals surface area contributed by atoms with Crippen LogP contribution in [0.3, 0.4) is 0 Å². The number of aromatic nitrogens is 3. The van der Waals surface area contributed by atoms with Crippen molar-refractivity contribution in [3.8, 4) is 11.4 Å². The van der Waals surface area contributed by atoms with Crippen molar-refractivity contribution in [3.05, 3.63) is 89.3 Å². The van der Waals surface area contributed by atoms with Crippen molar-refractivity contribution < 1.29 is 9.13 Å². The molecule has 0 unspecified atom stereocenters. The molecule has 0 spiro atoms. The molecule has 3 heteroatoms. The smallest absolute Gasteiger partial charge is 0.199 e. The highest BCUT2D eigenvalue weighted by Gasteiger charge is 2.25. The number of nitrogens with zero attached hydrogens (tertiary/aromatic N) is 3. The van der Waals surface area contributed by atoms with E-state index in [0.29, 0.717) is 0 Å². The van der Waals surface area contributed by atoms with Crippen LogP contribution in [0.25, 0.3) is 22.1 Å². The highest BCUT2D eigenvalue weighted by molar-refractivity contribution is 5.81. The number of rotatable bonds is 2. The minimum atomic E-state index is 1.17. The van der Waals surface area contributed by atoms with Crippen LogP contribution in [0.15, 0.2) is 61.2 Å². The number of aryl methyl sites for hydroxylation is 4. The van der Waals surface area contributed by atoms with E-state index in [-0.39, 0.29) is 0 Å². The van der Waals surface area contributed by atoms with Crippen LogP contribution in [0.1, 0.15) is 28.1 Å². The molecule has 0 fully saturated rings. The molecule has 2 aromatic carbocycles. The Balaban J connectivity index is 2.04. The summed E-state index contributed by atoms with van der Waals surface area (Å²) in [7, 11) is 0. The SMILES string of the molecule is Cc1cc(C)c(-[n+]2cc3ccccc3cc2C)c(C)c1-[n+]1cnccc1C. The van der Waals surface area contributed by atoms with Gasteiger partial charge in [-0.05, 0) is 50.8 Å². The molecule has 0 saturated heterocycles. The maximum absolute atomic E-state index is 4.34. The van der Waals surface area contributed by atoms with Gasteiger partial charge in [-0.25, -0.2) is 0 Å². The Labute approximate surface area is 160 Å². The highest BCUT2D eigenvalue weighted by Crippen LogP contribution is 2.24. The molecular formula is C24H25N3+2. The van der Waals surface area contributed by atoms with Gasteiger partial charge in [0.25, 0.3) is 6.33 Å². The summed E-state index contributed by atoms with van der Waals surface area (Å²) in [4.78, 5) is 4.34. The van der Waals surface area contributed by atoms with Crippen molar-refractivity contribution in [2.45, 2.75) is 34.6 Å². The first-order chi connectivity index (χ1) is 13.0. The van der Waals surface area contributed by atoms with Gasteiger partial charge in [0.1, 0.15) is 17.6 Å². The van der Waals surface area contributed by atoms with Crippen molar-refractivity contribution in [2.75, 3.05) is 0 Å². The zero-order valence-electron chi connectivity index (χ0n) is 16.6. The molecule has 27 heavy (non-hydrogen) atoms. The average molecular weight is 355 g/mol. The zero-order chi connectivity index (χ0) is 19.1. The van der Waals surface area contributed by atoms with Gasteiger partial charge in [-0.15, -0.1) is 0 Å². The van der Waals surface area contributed by atoms with Crippen LogP contribution in [0.4, 0.5) is 0 Å². The van der Waals surface area contributed by atoms with Crippen LogP contribution in [-0.4, -0.2) is 4.98 Å². The van der Waals surface area contributed by atoms with Crippen molar-refractivity contribution >= 4 is 10.8 Å². The zero-order valence-corrected chi connectivity index (χ0v) is 16.6. The largest absolute Gasteiger partial charge is 0.291 e. The second-order valence-corrected chi connectivity index (χ2v) is 7.34. The van der Waals surface area contributed by atoms with E-state index in [4.69, 9.17) is 0 Å². The van der Waals surface area contributed by atoms with E-state index in [2.05, 4.69) is 91.3 Å². The molecule has 0 aliphatic carbocycles. The Kier molecular flexibility index (Phi) is 4.23. The molecule has 0 atom stereocenters. The Morgan fingerprint density at radius 2 is 1.37 bits per heavy atom. The summed E-state index contributed by atoms with van der Waals surface area (Å²) in [6.07, 6.45) is 6.00. The lowest BCUT2D eigenvalue weighted by Gasteiger charge is -2.14. The quantitative estimate of drug-likeness (QED) is 0.490. The molecule has 0 N–H and O–H groups in total. The van der Waals surface area contributed by atoms with E-state index in [1.807, 2.05) is 18.6 Å². The molecule has 0 aliphatic rings. The third-order valence-corrected chi connectivity index (χ3v) is 5.34. The fraction of sp³-hybridized carbons (Fsp3) is 0.208. The lowest BCUT2D eigenvalue weighted by molar-refractivity contribution is -0.613. The molecule has 2 heterocycles. The first-order valence-corrected chi connectivity index (χ1v) is 9.32. The topological polar surface area (TPSA) is 20.6 Å². The minimum Gasteiger partial charge on any atom is -0.199 e. The highest BCUT2D eigenvalue weighted by atomic mass is 15.0. The van der Waals surface area contributed by atoms with E-state index < -0.39 is 0 Å². The molecule has 4 rings (SSSR count). The maximum Gasteiger partial charge on any atom is 0.291 e. The lowest BCUT2D eigenvalue weighted by atomic mass is 10.00. The first-order valence-electron chi connectivity index (χ1n) is 9.32. The van der Waals surface area contributed by atoms with Gasteiger partial charge in [0, 0.05) is 30.0 Å². The lowest BCUT2D eigenvalue weighted by Crippen LogP contribution is -2.40. The normalized spacial score (nSPS) is 11.1. The van der Waals surface area contributed by atoms with E-state index in [0.717, 1.165) is 0 Å². The molecular weight excluding hydrogens is 330 g/mol. The van der Waals surface area contributed by atoms with Gasteiger partial charge in [-0.2, -0.15) is 9.13 Å². The van der Waals surface area contributed by atoms with E-state index >= 15 is 0 Å². The molecule has 0 aliphatic heterocycles. The van der Waals surface area contributed by atoms with Gasteiger partial charge in [-0.3, -0.25) is 0 Å². The van der Waals surface area contributed by atoms with Crippen LogP contribution in [0.5, 0.6) is 0 Å². The molecule has 0 saturated carbocycles. The third kappa shape index (κ3) is 2.89. The summed E-state index contributed by atoms with van der Waals surface area (Å²) in [6, 6.07) is 15.1. The van der Waals surface area contributed by atoms with Crippen LogP contribution < -0.4 is 9.13 Å². The van der Waals surface area contributed by atoms with Gasteiger partial charge >= 0.3 is 0 Å². The van der Waals surface area contributed by atoms with Crippen molar-refractivity contribution in [3.63, 3.8) is 0 Å². The van der Waals surface area contributed by atoms with E-state index in [9.17, 15) is 0 Å². The fourth-order valence-corrected chi connectivity index (χ4v) is 4.10. The summed E-state index contributed by atoms with van der Waals surface area (Å²) in [6.45, 7) is 10.9. The summed E-state index contributed by atoms with van der Waals surface area (Å²) < 4.78 is 4.51. The molecule has 0 amide bonds. The Morgan fingerprint density at radius 1 is 0.704 bits per heavy atom. The number of fused-ring (bicyclic) bond motifs is 1. The number of pyridine rings is 1. The van der Waals surface area contributed by atoms with Gasteiger partial charge in [-0.1, -0.05) is 23.2 Å². The van der Waals surface area contributed by atoms with Crippen molar-refractivity contribution in [2.24, 2.45) is 0 Å². The van der Waals surface area contributed by atoms with Gasteiger partial charge in [0.2, 0.25) is 5.69 Å². The molecule has 0 bridgehead atoms. The second kappa shape index (κ2) is 6.58. The monoisotopic (exact) mass is 355 g/mol.